The highest BCUT2D eigenvalue weighted by molar-refractivity contribution is 8.31. The van der Waals surface area contributed by atoms with Gasteiger partial charge in [-0.05, 0) is 65.2 Å². The summed E-state index contributed by atoms with van der Waals surface area (Å²) >= 11 is 0. The van der Waals surface area contributed by atoms with Gasteiger partial charge in [-0.1, -0.05) is 58.8 Å². The molecule has 35 heavy (non-hydrogen) atoms. The van der Waals surface area contributed by atoms with Crippen molar-refractivity contribution in [3.8, 4) is 0 Å². The first kappa shape index (κ1) is 26.8. The largest absolute Gasteiger partial charge is 0.461 e. The van der Waals surface area contributed by atoms with E-state index in [2.05, 4.69) is 24.4 Å². The molecule has 0 aliphatic carbocycles. The Morgan fingerprint density at radius 2 is 1.66 bits per heavy atom. The summed E-state index contributed by atoms with van der Waals surface area (Å²) in [5.74, 6) is -1.10. The Morgan fingerprint density at radius 3 is 2.20 bits per heavy atom. The van der Waals surface area contributed by atoms with E-state index in [4.69, 9.17) is 4.74 Å². The third-order valence-electron chi connectivity index (χ3n) is 5.87. The molecule has 0 saturated carbocycles. The fraction of sp³-hybridized carbons (Fsp3) is 0.407. The van der Waals surface area contributed by atoms with Gasteiger partial charge in [0.15, 0.2) is 0 Å². The summed E-state index contributed by atoms with van der Waals surface area (Å²) in [5, 5.41) is 2.85. The molecular weight excluding hydrogens is 464 g/mol. The normalized spacial score (nSPS) is 17.4. The van der Waals surface area contributed by atoms with Gasteiger partial charge < -0.3 is 10.1 Å². The van der Waals surface area contributed by atoms with E-state index in [0.29, 0.717) is 12.0 Å². The third kappa shape index (κ3) is 5.72. The van der Waals surface area contributed by atoms with Crippen LogP contribution < -0.4 is 5.32 Å². The number of esters is 1. The molecule has 0 saturated heterocycles. The van der Waals surface area contributed by atoms with Crippen LogP contribution in [0, 0.1) is 20.8 Å². The summed E-state index contributed by atoms with van der Waals surface area (Å²) in [6.07, 6.45) is 0.219. The zero-order chi connectivity index (χ0) is 26.1. The Morgan fingerprint density at radius 1 is 1.09 bits per heavy atom. The van der Waals surface area contributed by atoms with Gasteiger partial charge in [-0.15, -0.1) is 0 Å². The van der Waals surface area contributed by atoms with E-state index in [-0.39, 0.29) is 23.3 Å². The van der Waals surface area contributed by atoms with Crippen LogP contribution in [0.4, 0.5) is 0 Å². The van der Waals surface area contributed by atoms with Crippen LogP contribution >= 0.6 is 10.8 Å². The zero-order valence-electron chi connectivity index (χ0n) is 21.5. The van der Waals surface area contributed by atoms with Crippen LogP contribution in [0.15, 0.2) is 48.2 Å². The van der Waals surface area contributed by atoms with Crippen molar-refractivity contribution in [1.82, 2.24) is 9.62 Å². The molecule has 2 aromatic carbocycles. The van der Waals surface area contributed by atoms with E-state index >= 15 is 0 Å². The Hall–Kier alpha value is -2.81. The Labute approximate surface area is 209 Å². The van der Waals surface area contributed by atoms with Crippen molar-refractivity contribution < 1.29 is 23.4 Å². The molecule has 1 aliphatic rings. The molecule has 190 valence electrons. The summed E-state index contributed by atoms with van der Waals surface area (Å²) in [7, 11) is -3.61. The number of amides is 1. The second kappa shape index (κ2) is 10.0. The van der Waals surface area contributed by atoms with Crippen LogP contribution in [0.3, 0.4) is 0 Å². The van der Waals surface area contributed by atoms with Crippen LogP contribution in [0.5, 0.6) is 0 Å². The SMILES string of the molecule is Cc1cc(C)c(CC(C)OC(=O)CNC2=C(c3ccccc3)S(O)(O)N(C(C)(C)C)C2=O)c(C)c1. The van der Waals surface area contributed by atoms with Gasteiger partial charge in [-0.3, -0.25) is 18.7 Å². The first-order valence-corrected chi connectivity index (χ1v) is 13.2. The lowest BCUT2D eigenvalue weighted by atomic mass is 9.96. The zero-order valence-corrected chi connectivity index (χ0v) is 22.3. The van der Waals surface area contributed by atoms with Gasteiger partial charge in [0, 0.05) is 12.0 Å². The van der Waals surface area contributed by atoms with E-state index in [0.717, 1.165) is 21.0 Å². The minimum absolute atomic E-state index is 0.000881. The number of hydrogen-bond donors (Lipinski definition) is 3. The molecule has 3 N–H and O–H groups in total. The monoisotopic (exact) mass is 500 g/mol. The van der Waals surface area contributed by atoms with E-state index in [1.165, 1.54) is 5.56 Å². The smallest absolute Gasteiger partial charge is 0.325 e. The molecule has 3 rings (SSSR count). The van der Waals surface area contributed by atoms with Crippen molar-refractivity contribution in [3.05, 3.63) is 76.0 Å². The average molecular weight is 501 g/mol. The number of carbonyl (C=O) groups is 2. The number of hydrogen-bond acceptors (Lipinski definition) is 6. The second-order valence-corrected chi connectivity index (χ2v) is 11.9. The molecule has 0 aromatic heterocycles. The summed E-state index contributed by atoms with van der Waals surface area (Å²) < 4.78 is 28.9. The Bertz CT molecular complexity index is 1130. The molecule has 0 spiro atoms. The molecule has 0 radical (unpaired) electrons. The van der Waals surface area contributed by atoms with Crippen molar-refractivity contribution in [2.24, 2.45) is 0 Å². The van der Waals surface area contributed by atoms with Gasteiger partial charge in [0.2, 0.25) is 0 Å². The van der Waals surface area contributed by atoms with Crippen LogP contribution in [0.2, 0.25) is 0 Å². The van der Waals surface area contributed by atoms with Crippen molar-refractivity contribution >= 4 is 27.6 Å². The Balaban J connectivity index is 1.78. The Kier molecular flexibility index (Phi) is 7.69. The standard InChI is InChI=1S/C27H36N2O5S/c1-17-13-18(2)22(19(3)14-17)15-20(4)34-23(30)16-28-24-25(21-11-9-8-10-12-21)35(32,33)29(26(24)31)27(5,6)7/h8-14,20,28,32-33H,15-16H2,1-7H3. The first-order chi connectivity index (χ1) is 16.2. The number of rotatable bonds is 7. The van der Waals surface area contributed by atoms with Gasteiger partial charge in [0.05, 0.1) is 5.54 Å². The number of benzene rings is 2. The van der Waals surface area contributed by atoms with Gasteiger partial charge in [-0.25, -0.2) is 4.31 Å². The highest BCUT2D eigenvalue weighted by Gasteiger charge is 2.49. The van der Waals surface area contributed by atoms with Gasteiger partial charge in [0.25, 0.3) is 5.91 Å². The maximum Gasteiger partial charge on any atom is 0.325 e. The predicted molar refractivity (Wildman–Crippen MR) is 141 cm³/mol. The van der Waals surface area contributed by atoms with Crippen LogP contribution in [-0.4, -0.2) is 43.5 Å². The highest BCUT2D eigenvalue weighted by Crippen LogP contribution is 2.63. The number of aryl methyl sites for hydroxylation is 3. The van der Waals surface area contributed by atoms with Crippen molar-refractivity contribution in [2.45, 2.75) is 66.5 Å². The molecule has 1 unspecified atom stereocenters. The van der Waals surface area contributed by atoms with Gasteiger partial charge in [0.1, 0.15) is 23.3 Å². The molecule has 1 aliphatic heterocycles. The van der Waals surface area contributed by atoms with E-state index in [1.807, 2.05) is 20.8 Å². The van der Waals surface area contributed by atoms with Crippen LogP contribution in [0.25, 0.3) is 4.91 Å². The highest BCUT2D eigenvalue weighted by atomic mass is 32.3. The predicted octanol–water partition coefficient (Wildman–Crippen LogP) is 5.35. The molecule has 2 aromatic rings. The van der Waals surface area contributed by atoms with Crippen molar-refractivity contribution in [1.29, 1.82) is 0 Å². The second-order valence-electron chi connectivity index (χ2n) is 10.1. The van der Waals surface area contributed by atoms with Crippen molar-refractivity contribution in [3.63, 3.8) is 0 Å². The van der Waals surface area contributed by atoms with Crippen molar-refractivity contribution in [2.75, 3.05) is 6.54 Å². The molecule has 1 heterocycles. The van der Waals surface area contributed by atoms with Gasteiger partial charge in [-0.2, -0.15) is 0 Å². The third-order valence-corrected chi connectivity index (χ3v) is 8.08. The fourth-order valence-corrected chi connectivity index (χ4v) is 6.72. The number of ether oxygens (including phenoxy) is 1. The first-order valence-electron chi connectivity index (χ1n) is 11.7. The minimum atomic E-state index is -3.61. The molecule has 8 heteroatoms. The lowest BCUT2D eigenvalue weighted by Crippen LogP contribution is -2.45. The number of nitrogens with one attached hydrogen (secondary N) is 1. The molecule has 0 fully saturated rings. The van der Waals surface area contributed by atoms with Crippen LogP contribution in [0.1, 0.15) is 55.5 Å². The molecule has 1 amide bonds. The minimum Gasteiger partial charge on any atom is -0.461 e. The maximum atomic E-state index is 13.3. The molecule has 0 bridgehead atoms. The summed E-state index contributed by atoms with van der Waals surface area (Å²) in [5.41, 5.74) is 4.31. The maximum absolute atomic E-state index is 13.3. The summed E-state index contributed by atoms with van der Waals surface area (Å²) in [4.78, 5) is 26.0. The average Bonchev–Trinajstić information content (AvgIpc) is 2.94. The molecule has 1 atom stereocenters. The van der Waals surface area contributed by atoms with Crippen LogP contribution in [-0.2, 0) is 20.7 Å². The van der Waals surface area contributed by atoms with E-state index in [9.17, 15) is 18.7 Å². The summed E-state index contributed by atoms with van der Waals surface area (Å²) in [6, 6.07) is 12.9. The fourth-order valence-electron chi connectivity index (χ4n) is 4.56. The topological polar surface area (TPSA) is 99.1 Å². The number of carbonyl (C=O) groups excluding carboxylic acids is 2. The van der Waals surface area contributed by atoms with E-state index in [1.54, 1.807) is 51.1 Å². The van der Waals surface area contributed by atoms with E-state index < -0.39 is 28.2 Å². The number of nitrogens with zero attached hydrogens (tertiary/aromatic N) is 1. The quantitative estimate of drug-likeness (QED) is 0.443. The van der Waals surface area contributed by atoms with Gasteiger partial charge >= 0.3 is 5.97 Å². The molecular formula is C27H36N2O5S. The lowest BCUT2D eigenvalue weighted by molar-refractivity contribution is -0.146. The molecule has 7 nitrogen and oxygen atoms in total. The summed E-state index contributed by atoms with van der Waals surface area (Å²) in [6.45, 7) is 12.9. The lowest BCUT2D eigenvalue weighted by Gasteiger charge is -2.45.